The van der Waals surface area contributed by atoms with Crippen molar-refractivity contribution in [2.24, 2.45) is 5.73 Å². The molecule has 0 atom stereocenters. The van der Waals surface area contributed by atoms with Crippen LogP contribution >= 0.6 is 0 Å². The van der Waals surface area contributed by atoms with Crippen molar-refractivity contribution in [3.63, 3.8) is 0 Å². The molecule has 21 heavy (non-hydrogen) atoms. The zero-order valence-electron chi connectivity index (χ0n) is 12.6. The van der Waals surface area contributed by atoms with Crippen LogP contribution < -0.4 is 11.1 Å². The number of amides is 1. The molecule has 3 N–H and O–H groups in total. The summed E-state index contributed by atoms with van der Waals surface area (Å²) >= 11 is 0. The molecule has 0 fully saturated rings. The van der Waals surface area contributed by atoms with Crippen LogP contribution in [-0.2, 0) is 24.1 Å². The van der Waals surface area contributed by atoms with E-state index in [9.17, 15) is 4.79 Å². The first-order chi connectivity index (χ1) is 10.1. The number of benzene rings is 2. The van der Waals surface area contributed by atoms with Crippen LogP contribution in [0.4, 0.5) is 5.69 Å². The maximum absolute atomic E-state index is 10.9. The van der Waals surface area contributed by atoms with Crippen LogP contribution in [0.25, 0.3) is 0 Å². The van der Waals surface area contributed by atoms with E-state index >= 15 is 0 Å². The van der Waals surface area contributed by atoms with Crippen molar-refractivity contribution < 1.29 is 4.79 Å². The lowest BCUT2D eigenvalue weighted by Crippen LogP contribution is -2.13. The molecule has 0 aliphatic rings. The topological polar surface area (TPSA) is 55.1 Å². The van der Waals surface area contributed by atoms with Crippen LogP contribution in [0.3, 0.4) is 0 Å². The summed E-state index contributed by atoms with van der Waals surface area (Å²) in [6.07, 6.45) is 2.30. The first-order valence-electron chi connectivity index (χ1n) is 7.22. The number of hydrogen-bond acceptors (Lipinski definition) is 2. The van der Waals surface area contributed by atoms with Crippen LogP contribution in [0, 0.1) is 6.92 Å². The van der Waals surface area contributed by atoms with Gasteiger partial charge in [0.2, 0.25) is 5.91 Å². The van der Waals surface area contributed by atoms with E-state index in [-0.39, 0.29) is 5.91 Å². The van der Waals surface area contributed by atoms with Crippen LogP contribution in [-0.4, -0.2) is 13.0 Å². The second-order valence-corrected chi connectivity index (χ2v) is 5.36. The Balaban J connectivity index is 1.98. The molecule has 2 aromatic rings. The number of rotatable bonds is 6. The van der Waals surface area contributed by atoms with Gasteiger partial charge in [0.15, 0.2) is 0 Å². The molecule has 0 bridgehead atoms. The summed E-state index contributed by atoms with van der Waals surface area (Å²) in [5.41, 5.74) is 11.2. The molecule has 0 heterocycles. The standard InChI is InChI=1S/C18H22N2O/c1-13-3-4-15(11-17(13)20-2)8-5-14-6-9-16(10-7-14)12-18(19)21/h3-4,6-7,9-11,20H,5,8,12H2,1-2H3,(H2,19,21). The van der Waals surface area contributed by atoms with Gasteiger partial charge in [-0.25, -0.2) is 0 Å². The summed E-state index contributed by atoms with van der Waals surface area (Å²) in [5, 5.41) is 3.22. The number of primary amides is 1. The molecule has 1 amide bonds. The number of nitrogens with one attached hydrogen (secondary N) is 1. The van der Waals surface area contributed by atoms with Gasteiger partial charge in [0, 0.05) is 12.7 Å². The Hall–Kier alpha value is -2.29. The van der Waals surface area contributed by atoms with Crippen molar-refractivity contribution in [3.8, 4) is 0 Å². The molecule has 0 radical (unpaired) electrons. The van der Waals surface area contributed by atoms with Gasteiger partial charge >= 0.3 is 0 Å². The molecule has 0 aliphatic heterocycles. The van der Waals surface area contributed by atoms with E-state index in [1.54, 1.807) is 0 Å². The molecular weight excluding hydrogens is 260 g/mol. The van der Waals surface area contributed by atoms with Crippen LogP contribution in [0.1, 0.15) is 22.3 Å². The molecule has 110 valence electrons. The monoisotopic (exact) mass is 282 g/mol. The molecule has 0 aromatic heterocycles. The minimum Gasteiger partial charge on any atom is -0.388 e. The highest BCUT2D eigenvalue weighted by molar-refractivity contribution is 5.76. The van der Waals surface area contributed by atoms with Gasteiger partial charge in [-0.05, 0) is 48.1 Å². The molecule has 0 unspecified atom stereocenters. The van der Waals surface area contributed by atoms with Crippen molar-refractivity contribution >= 4 is 11.6 Å². The highest BCUT2D eigenvalue weighted by atomic mass is 16.1. The summed E-state index contributed by atoms with van der Waals surface area (Å²) in [4.78, 5) is 10.9. The van der Waals surface area contributed by atoms with Crippen molar-refractivity contribution in [2.45, 2.75) is 26.2 Å². The van der Waals surface area contributed by atoms with E-state index in [2.05, 4.69) is 42.6 Å². The lowest BCUT2D eigenvalue weighted by molar-refractivity contribution is -0.117. The molecule has 2 aromatic carbocycles. The molecule has 3 nitrogen and oxygen atoms in total. The fraction of sp³-hybridized carbons (Fsp3) is 0.278. The van der Waals surface area contributed by atoms with Crippen molar-refractivity contribution in [1.82, 2.24) is 0 Å². The van der Waals surface area contributed by atoms with Gasteiger partial charge in [-0.1, -0.05) is 36.4 Å². The maximum Gasteiger partial charge on any atom is 0.221 e. The Morgan fingerprint density at radius 2 is 1.57 bits per heavy atom. The normalized spacial score (nSPS) is 10.4. The van der Waals surface area contributed by atoms with Gasteiger partial charge in [-0.2, -0.15) is 0 Å². The summed E-state index contributed by atoms with van der Waals surface area (Å²) in [6, 6.07) is 14.6. The van der Waals surface area contributed by atoms with Gasteiger partial charge < -0.3 is 11.1 Å². The smallest absolute Gasteiger partial charge is 0.221 e. The number of anilines is 1. The Morgan fingerprint density at radius 3 is 2.19 bits per heavy atom. The summed E-state index contributed by atoms with van der Waals surface area (Å²) < 4.78 is 0. The fourth-order valence-electron chi connectivity index (χ4n) is 2.41. The predicted octanol–water partition coefficient (Wildman–Crippen LogP) is 2.85. The first-order valence-corrected chi connectivity index (χ1v) is 7.22. The Kier molecular flexibility index (Phi) is 4.99. The Bertz CT molecular complexity index is 618. The minimum atomic E-state index is -0.290. The fourth-order valence-corrected chi connectivity index (χ4v) is 2.41. The first kappa shape index (κ1) is 15.1. The Morgan fingerprint density at radius 1 is 1.00 bits per heavy atom. The highest BCUT2D eigenvalue weighted by Gasteiger charge is 2.02. The number of nitrogens with two attached hydrogens (primary N) is 1. The minimum absolute atomic E-state index is 0.290. The lowest BCUT2D eigenvalue weighted by Gasteiger charge is -2.09. The molecule has 0 saturated carbocycles. The van der Waals surface area contributed by atoms with Crippen LogP contribution in [0.15, 0.2) is 42.5 Å². The van der Waals surface area contributed by atoms with Crippen molar-refractivity contribution in [2.75, 3.05) is 12.4 Å². The van der Waals surface area contributed by atoms with Gasteiger partial charge in [-0.3, -0.25) is 4.79 Å². The molecule has 2 rings (SSSR count). The predicted molar refractivity (Wildman–Crippen MR) is 87.5 cm³/mol. The van der Waals surface area contributed by atoms with Gasteiger partial charge in [0.1, 0.15) is 0 Å². The van der Waals surface area contributed by atoms with E-state index in [0.29, 0.717) is 6.42 Å². The van der Waals surface area contributed by atoms with Gasteiger partial charge in [0.25, 0.3) is 0 Å². The number of carbonyl (C=O) groups excluding carboxylic acids is 1. The third-order valence-corrected chi connectivity index (χ3v) is 3.67. The van der Waals surface area contributed by atoms with E-state index < -0.39 is 0 Å². The van der Waals surface area contributed by atoms with E-state index in [1.807, 2.05) is 19.2 Å². The maximum atomic E-state index is 10.9. The third-order valence-electron chi connectivity index (χ3n) is 3.67. The van der Waals surface area contributed by atoms with E-state index in [4.69, 9.17) is 5.73 Å². The lowest BCUT2D eigenvalue weighted by atomic mass is 10.0. The second-order valence-electron chi connectivity index (χ2n) is 5.36. The average Bonchev–Trinajstić information content (AvgIpc) is 2.47. The number of carbonyl (C=O) groups is 1. The quantitative estimate of drug-likeness (QED) is 0.856. The Labute approximate surface area is 126 Å². The van der Waals surface area contributed by atoms with Crippen LogP contribution in [0.5, 0.6) is 0 Å². The zero-order valence-corrected chi connectivity index (χ0v) is 12.6. The summed E-state index contributed by atoms with van der Waals surface area (Å²) in [6.45, 7) is 2.10. The summed E-state index contributed by atoms with van der Waals surface area (Å²) in [7, 11) is 1.95. The van der Waals surface area contributed by atoms with Gasteiger partial charge in [-0.15, -0.1) is 0 Å². The number of hydrogen-bond donors (Lipinski definition) is 2. The SMILES string of the molecule is CNc1cc(CCc2ccc(CC(N)=O)cc2)ccc1C. The second kappa shape index (κ2) is 6.93. The average molecular weight is 282 g/mol. The molecule has 0 aliphatic carbocycles. The molecule has 3 heteroatoms. The molecular formula is C18H22N2O. The number of aryl methyl sites for hydroxylation is 3. The molecule has 0 saturated heterocycles. The highest BCUT2D eigenvalue weighted by Crippen LogP contribution is 2.18. The van der Waals surface area contributed by atoms with Crippen molar-refractivity contribution in [1.29, 1.82) is 0 Å². The van der Waals surface area contributed by atoms with E-state index in [0.717, 1.165) is 18.4 Å². The van der Waals surface area contributed by atoms with E-state index in [1.165, 1.54) is 22.4 Å². The summed E-state index contributed by atoms with van der Waals surface area (Å²) in [5.74, 6) is -0.290. The molecule has 0 spiro atoms. The van der Waals surface area contributed by atoms with Gasteiger partial charge in [0.05, 0.1) is 6.42 Å². The van der Waals surface area contributed by atoms with Crippen LogP contribution in [0.2, 0.25) is 0 Å². The third kappa shape index (κ3) is 4.35. The van der Waals surface area contributed by atoms with Crippen molar-refractivity contribution in [3.05, 3.63) is 64.7 Å². The zero-order chi connectivity index (χ0) is 15.2. The largest absolute Gasteiger partial charge is 0.388 e.